The Labute approximate surface area is 178 Å². The van der Waals surface area contributed by atoms with Crippen LogP contribution >= 0.6 is 0 Å². The Morgan fingerprint density at radius 2 is 2.10 bits per heavy atom. The minimum atomic E-state index is -0.790. The lowest BCUT2D eigenvalue weighted by molar-refractivity contribution is -0.385. The summed E-state index contributed by atoms with van der Waals surface area (Å²) < 4.78 is 5.15. The zero-order chi connectivity index (χ0) is 22.5. The van der Waals surface area contributed by atoms with Crippen molar-refractivity contribution in [2.24, 2.45) is 0 Å². The number of benzene rings is 1. The first-order chi connectivity index (χ1) is 14.8. The van der Waals surface area contributed by atoms with Crippen molar-refractivity contribution in [2.45, 2.75) is 45.3 Å². The third-order valence-electron chi connectivity index (χ3n) is 5.23. The quantitative estimate of drug-likeness (QED) is 0.511. The number of amides is 3. The lowest BCUT2D eigenvalue weighted by atomic mass is 10.1. The number of furan rings is 1. The normalized spacial score (nSPS) is 16.6. The lowest BCUT2D eigenvalue weighted by Gasteiger charge is -2.25. The second-order valence-electron chi connectivity index (χ2n) is 7.44. The molecular weight excluding hydrogens is 404 g/mol. The number of aryl methyl sites for hydroxylation is 1. The largest absolute Gasteiger partial charge is 0.467 e. The molecular formula is C21H24N4O6. The fraction of sp³-hybridized carbons (Fsp3) is 0.381. The monoisotopic (exact) mass is 428 g/mol. The molecule has 3 amide bonds. The second-order valence-corrected chi connectivity index (χ2v) is 7.44. The molecule has 2 N–H and O–H groups in total. The average molecular weight is 428 g/mol. The summed E-state index contributed by atoms with van der Waals surface area (Å²) in [5, 5.41) is 16.3. The first-order valence-corrected chi connectivity index (χ1v) is 9.94. The van der Waals surface area contributed by atoms with Crippen LogP contribution in [0.25, 0.3) is 0 Å². The van der Waals surface area contributed by atoms with E-state index in [2.05, 4.69) is 10.6 Å². The predicted octanol–water partition coefficient (Wildman–Crippen LogP) is 1.92. The second kappa shape index (κ2) is 9.41. The number of likely N-dealkylation sites (tertiary alicyclic amines) is 1. The summed E-state index contributed by atoms with van der Waals surface area (Å²) in [5.41, 5.74) is 0.589. The standard InChI is InChI=1S/C21H24N4O6/c1-13-11-15(7-8-17(13)25(29)30)21(28)24-9-3-6-18(24)20(27)23-14(2)19(26)22-12-16-5-4-10-31-16/h4-5,7-8,10-11,14,18H,3,6,9,12H2,1-2H3,(H,22,26)(H,23,27). The summed E-state index contributed by atoms with van der Waals surface area (Å²) in [7, 11) is 0. The van der Waals surface area contributed by atoms with Crippen molar-refractivity contribution in [1.82, 2.24) is 15.5 Å². The first-order valence-electron chi connectivity index (χ1n) is 9.94. The van der Waals surface area contributed by atoms with Crippen LogP contribution in [0, 0.1) is 17.0 Å². The molecule has 0 saturated carbocycles. The van der Waals surface area contributed by atoms with Crippen LogP contribution in [0.2, 0.25) is 0 Å². The molecule has 10 heteroatoms. The first kappa shape index (κ1) is 22.0. The molecule has 1 saturated heterocycles. The average Bonchev–Trinajstić information content (AvgIpc) is 3.42. The maximum Gasteiger partial charge on any atom is 0.272 e. The van der Waals surface area contributed by atoms with Crippen LogP contribution < -0.4 is 10.6 Å². The fourth-order valence-corrected chi connectivity index (χ4v) is 3.56. The molecule has 0 aliphatic carbocycles. The molecule has 1 aliphatic rings. The fourth-order valence-electron chi connectivity index (χ4n) is 3.56. The Morgan fingerprint density at radius 1 is 1.32 bits per heavy atom. The molecule has 3 rings (SSSR count). The molecule has 2 aromatic rings. The van der Waals surface area contributed by atoms with Gasteiger partial charge in [-0.25, -0.2) is 0 Å². The highest BCUT2D eigenvalue weighted by molar-refractivity contribution is 5.99. The molecule has 10 nitrogen and oxygen atoms in total. The highest BCUT2D eigenvalue weighted by atomic mass is 16.6. The highest BCUT2D eigenvalue weighted by Crippen LogP contribution is 2.24. The molecule has 0 radical (unpaired) electrons. The maximum absolute atomic E-state index is 12.9. The Balaban J connectivity index is 1.61. The summed E-state index contributed by atoms with van der Waals surface area (Å²) in [5.74, 6) is -0.555. The molecule has 1 fully saturated rings. The van der Waals surface area contributed by atoms with Crippen molar-refractivity contribution in [3.05, 3.63) is 63.6 Å². The number of carbonyl (C=O) groups excluding carboxylic acids is 3. The predicted molar refractivity (Wildman–Crippen MR) is 110 cm³/mol. The third kappa shape index (κ3) is 5.08. The van der Waals surface area contributed by atoms with E-state index in [1.54, 1.807) is 26.0 Å². The van der Waals surface area contributed by atoms with E-state index in [0.717, 1.165) is 0 Å². The van der Waals surface area contributed by atoms with Crippen molar-refractivity contribution in [2.75, 3.05) is 6.54 Å². The molecule has 1 aliphatic heterocycles. The molecule has 0 spiro atoms. The Hall–Kier alpha value is -3.69. The van der Waals surface area contributed by atoms with Gasteiger partial charge < -0.3 is 20.0 Å². The minimum absolute atomic E-state index is 0.0679. The molecule has 1 aromatic heterocycles. The van der Waals surface area contributed by atoms with Crippen LogP contribution in [0.15, 0.2) is 41.0 Å². The SMILES string of the molecule is Cc1cc(C(=O)N2CCCC2C(=O)NC(C)C(=O)NCc2ccco2)ccc1[N+](=O)[O-]. The van der Waals surface area contributed by atoms with E-state index >= 15 is 0 Å². The van der Waals surface area contributed by atoms with Crippen molar-refractivity contribution in [3.63, 3.8) is 0 Å². The van der Waals surface area contributed by atoms with Gasteiger partial charge >= 0.3 is 0 Å². The third-order valence-corrected chi connectivity index (χ3v) is 5.23. The van der Waals surface area contributed by atoms with Crippen LogP contribution in [0.5, 0.6) is 0 Å². The summed E-state index contributed by atoms with van der Waals surface area (Å²) >= 11 is 0. The van der Waals surface area contributed by atoms with Gasteiger partial charge in [-0.05, 0) is 51.0 Å². The molecule has 1 aromatic carbocycles. The van der Waals surface area contributed by atoms with Crippen LogP contribution in [-0.4, -0.2) is 46.2 Å². The van der Waals surface area contributed by atoms with E-state index < -0.39 is 22.9 Å². The van der Waals surface area contributed by atoms with E-state index in [0.29, 0.717) is 30.7 Å². The number of nitro benzene ring substituents is 1. The number of nitro groups is 1. The topological polar surface area (TPSA) is 135 Å². The van der Waals surface area contributed by atoms with Gasteiger partial charge in [0.05, 0.1) is 17.7 Å². The summed E-state index contributed by atoms with van der Waals surface area (Å²) in [6, 6.07) is 6.09. The minimum Gasteiger partial charge on any atom is -0.467 e. The zero-order valence-corrected chi connectivity index (χ0v) is 17.3. The van der Waals surface area contributed by atoms with Gasteiger partial charge in [-0.1, -0.05) is 0 Å². The van der Waals surface area contributed by atoms with E-state index in [1.165, 1.54) is 29.4 Å². The molecule has 164 valence electrons. The van der Waals surface area contributed by atoms with Gasteiger partial charge in [0, 0.05) is 23.7 Å². The summed E-state index contributed by atoms with van der Waals surface area (Å²) in [4.78, 5) is 49.9. The lowest BCUT2D eigenvalue weighted by Crippen LogP contribution is -2.52. The van der Waals surface area contributed by atoms with Crippen molar-refractivity contribution >= 4 is 23.4 Å². The van der Waals surface area contributed by atoms with E-state index in [-0.39, 0.29) is 29.6 Å². The van der Waals surface area contributed by atoms with Gasteiger partial charge in [0.2, 0.25) is 11.8 Å². The molecule has 0 bridgehead atoms. The van der Waals surface area contributed by atoms with Crippen LogP contribution in [0.1, 0.15) is 41.4 Å². The van der Waals surface area contributed by atoms with Gasteiger partial charge in [0.15, 0.2) is 0 Å². The van der Waals surface area contributed by atoms with Crippen molar-refractivity contribution < 1.29 is 23.7 Å². The van der Waals surface area contributed by atoms with Gasteiger partial charge in [-0.2, -0.15) is 0 Å². The van der Waals surface area contributed by atoms with E-state index in [1.807, 2.05) is 0 Å². The molecule has 2 heterocycles. The van der Waals surface area contributed by atoms with Gasteiger partial charge in [-0.3, -0.25) is 24.5 Å². The Morgan fingerprint density at radius 3 is 2.74 bits per heavy atom. The van der Waals surface area contributed by atoms with Gasteiger partial charge in [0.1, 0.15) is 17.8 Å². The molecule has 2 atom stereocenters. The number of nitrogens with zero attached hydrogens (tertiary/aromatic N) is 2. The highest BCUT2D eigenvalue weighted by Gasteiger charge is 2.35. The number of rotatable bonds is 7. The number of hydrogen-bond donors (Lipinski definition) is 2. The van der Waals surface area contributed by atoms with Gasteiger partial charge in [0.25, 0.3) is 11.6 Å². The van der Waals surface area contributed by atoms with E-state index in [9.17, 15) is 24.5 Å². The zero-order valence-electron chi connectivity index (χ0n) is 17.3. The number of carbonyl (C=O) groups is 3. The maximum atomic E-state index is 12.9. The molecule has 31 heavy (non-hydrogen) atoms. The Kier molecular flexibility index (Phi) is 6.68. The van der Waals surface area contributed by atoms with E-state index in [4.69, 9.17) is 4.42 Å². The smallest absolute Gasteiger partial charge is 0.272 e. The van der Waals surface area contributed by atoms with Gasteiger partial charge in [-0.15, -0.1) is 0 Å². The van der Waals surface area contributed by atoms with Crippen molar-refractivity contribution in [3.8, 4) is 0 Å². The summed E-state index contributed by atoms with van der Waals surface area (Å²) in [6.45, 7) is 3.73. The van der Waals surface area contributed by atoms with Crippen LogP contribution in [0.4, 0.5) is 5.69 Å². The van der Waals surface area contributed by atoms with Crippen molar-refractivity contribution in [1.29, 1.82) is 0 Å². The molecule has 2 unspecified atom stereocenters. The van der Waals surface area contributed by atoms with Crippen LogP contribution in [0.3, 0.4) is 0 Å². The number of hydrogen-bond acceptors (Lipinski definition) is 6. The number of nitrogens with one attached hydrogen (secondary N) is 2. The van der Waals surface area contributed by atoms with Crippen LogP contribution in [-0.2, 0) is 16.1 Å². The Bertz CT molecular complexity index is 988. The summed E-state index contributed by atoms with van der Waals surface area (Å²) in [6.07, 6.45) is 2.63.